The van der Waals surface area contributed by atoms with E-state index < -0.39 is 0 Å². The summed E-state index contributed by atoms with van der Waals surface area (Å²) < 4.78 is 10.3. The average Bonchev–Trinajstić information content (AvgIpc) is 1.43. The Labute approximate surface area is 498 Å². The predicted molar refractivity (Wildman–Crippen MR) is 366 cm³/mol. The van der Waals surface area contributed by atoms with E-state index in [-0.39, 0.29) is 13.7 Å². The van der Waals surface area contributed by atoms with Crippen LogP contribution in [0.5, 0.6) is 0 Å². The van der Waals surface area contributed by atoms with Crippen molar-refractivity contribution >= 4 is 167 Å². The summed E-state index contributed by atoms with van der Waals surface area (Å²) in [4.78, 5) is 5.12. The molecule has 0 radical (unpaired) electrons. The van der Waals surface area contributed by atoms with Crippen LogP contribution in [0, 0.1) is 0 Å². The normalized spacial score (nSPS) is 13.5. The van der Waals surface area contributed by atoms with E-state index in [9.17, 15) is 0 Å². The molecule has 0 spiro atoms. The summed E-state index contributed by atoms with van der Waals surface area (Å²) >= 11 is 1.92. The largest absolute Gasteiger partial charge is 0.375 e. The van der Waals surface area contributed by atoms with Crippen LogP contribution in [0.2, 0.25) is 0 Å². The fraction of sp³-hybridized carbons (Fsp3) is 0. The molecule has 4 aliphatic rings. The molecule has 4 aliphatic heterocycles. The van der Waals surface area contributed by atoms with E-state index in [0.717, 1.165) is 11.4 Å². The zero-order valence-corrected chi connectivity index (χ0v) is 47.1. The minimum absolute atomic E-state index is 0.0219. The van der Waals surface area contributed by atoms with Gasteiger partial charge in [0.1, 0.15) is 0 Å². The molecule has 8 heteroatoms. The molecule has 0 N–H and O–H groups in total. The van der Waals surface area contributed by atoms with E-state index in [1.807, 2.05) is 11.3 Å². The van der Waals surface area contributed by atoms with Crippen LogP contribution in [0.1, 0.15) is 0 Å². The van der Waals surface area contributed by atoms with Crippen molar-refractivity contribution in [1.82, 2.24) is 13.5 Å². The number of fused-ring (bicyclic) bond motifs is 20. The Bertz CT molecular complexity index is 5910. The molecular weight excluding hydrogens is 1060 g/mol. The second kappa shape index (κ2) is 16.5. The van der Waals surface area contributed by atoms with Crippen molar-refractivity contribution in [3.63, 3.8) is 0 Å². The van der Waals surface area contributed by atoms with Crippen molar-refractivity contribution in [3.05, 3.63) is 273 Å². The minimum atomic E-state index is -0.0608. The van der Waals surface area contributed by atoms with Gasteiger partial charge in [-0.2, -0.15) is 0 Å². The highest BCUT2D eigenvalue weighted by Gasteiger charge is 2.45. The lowest BCUT2D eigenvalue weighted by Crippen LogP contribution is -2.56. The molecule has 4 aromatic heterocycles. The molecular formula is C78H45B2N5S. The number of hydrogen-bond donors (Lipinski definition) is 0. The molecule has 17 aromatic rings. The molecule has 394 valence electrons. The Kier molecular flexibility index (Phi) is 8.77. The lowest BCUT2D eigenvalue weighted by atomic mass is 9.45. The Morgan fingerprint density at radius 1 is 0.279 bits per heavy atom. The summed E-state index contributed by atoms with van der Waals surface area (Å²) in [5.41, 5.74) is 28.9. The van der Waals surface area contributed by atoms with Gasteiger partial charge in [0.05, 0.1) is 21.4 Å². The van der Waals surface area contributed by atoms with Crippen LogP contribution in [0.15, 0.2) is 273 Å². The lowest BCUT2D eigenvalue weighted by molar-refractivity contribution is 1.18. The molecule has 0 saturated heterocycles. The molecule has 0 saturated carbocycles. The van der Waals surface area contributed by atoms with Crippen molar-refractivity contribution in [3.8, 4) is 39.1 Å². The third-order valence-electron chi connectivity index (χ3n) is 19.8. The molecule has 0 bridgehead atoms. The summed E-state index contributed by atoms with van der Waals surface area (Å²) in [5, 5.41) is 10.2. The molecule has 0 unspecified atom stereocenters. The van der Waals surface area contributed by atoms with Gasteiger partial charge in [-0.3, -0.25) is 0 Å². The summed E-state index contributed by atoms with van der Waals surface area (Å²) in [6.45, 7) is -0.0389. The number of hydrogen-bond acceptors (Lipinski definition) is 3. The zero-order valence-electron chi connectivity index (χ0n) is 46.3. The molecule has 21 rings (SSSR count). The SMILES string of the molecule is c1ccc(-n2c3ccccc3c3cc(N4c5ccccc5B5c6c(cccc64)-c4ccc(-c6cccc7sc8c(N9c%10ccccc%10B%10c%11c(cccc%119)-c9cccc%11c%12ccccc%12n%10c9%11)cccc8c67)c6c7ccccc7n5c46)ccc32)cc1. The third-order valence-corrected chi connectivity index (χ3v) is 21.0. The summed E-state index contributed by atoms with van der Waals surface area (Å²) in [5.74, 6) is 0. The molecule has 86 heavy (non-hydrogen) atoms. The Morgan fingerprint density at radius 2 is 0.779 bits per heavy atom. The molecule has 13 aromatic carbocycles. The van der Waals surface area contributed by atoms with Crippen LogP contribution in [0.3, 0.4) is 0 Å². The minimum Gasteiger partial charge on any atom is -0.375 e. The quantitative estimate of drug-likeness (QED) is 0.164. The van der Waals surface area contributed by atoms with Crippen LogP contribution < -0.4 is 31.7 Å². The molecule has 5 nitrogen and oxygen atoms in total. The van der Waals surface area contributed by atoms with Crippen molar-refractivity contribution in [2.24, 2.45) is 0 Å². The van der Waals surface area contributed by atoms with E-state index in [0.29, 0.717) is 0 Å². The second-order valence-corrected chi connectivity index (χ2v) is 24.8. The van der Waals surface area contributed by atoms with Crippen molar-refractivity contribution < 1.29 is 0 Å². The number of para-hydroxylation sites is 7. The van der Waals surface area contributed by atoms with Gasteiger partial charge in [-0.15, -0.1) is 11.3 Å². The molecule has 0 fully saturated rings. The van der Waals surface area contributed by atoms with Gasteiger partial charge in [0.2, 0.25) is 0 Å². The highest BCUT2D eigenvalue weighted by molar-refractivity contribution is 7.26. The molecule has 0 aliphatic carbocycles. The maximum atomic E-state index is 2.70. The van der Waals surface area contributed by atoms with Crippen LogP contribution in [0.25, 0.3) is 125 Å². The van der Waals surface area contributed by atoms with Gasteiger partial charge in [-0.25, -0.2) is 0 Å². The average molecular weight is 1110 g/mol. The standard InChI is InChI=1S/C78H45B2N5S/c1-2-19-46(20-3-1)81-62-32-9-4-22-49(62)59-45-47(41-44-63(59)81)82-66-35-12-7-30-60(66)80-74-53(26-15-37-68(74)82)56-43-42-51(73-57-23-6-11-34-65(57)85(80)77(56)73)50-24-18-40-71-72(50)58-29-17-39-70(78(58)86-71)83-67-36-13-8-31-61(67)79-75-52(25-16-38-69(75)83)55-28-14-27-54-48-21-5-10-33-64(48)84(79)76(54)55/h1-45H. The lowest BCUT2D eigenvalue weighted by Gasteiger charge is -2.40. The van der Waals surface area contributed by atoms with Gasteiger partial charge in [0.15, 0.2) is 0 Å². The monoisotopic (exact) mass is 1110 g/mol. The first-order valence-electron chi connectivity index (χ1n) is 29.9. The van der Waals surface area contributed by atoms with Crippen molar-refractivity contribution in [2.75, 3.05) is 9.80 Å². The van der Waals surface area contributed by atoms with E-state index in [4.69, 9.17) is 0 Å². The highest BCUT2D eigenvalue weighted by atomic mass is 32.1. The zero-order chi connectivity index (χ0) is 55.6. The highest BCUT2D eigenvalue weighted by Crippen LogP contribution is 2.53. The maximum Gasteiger partial charge on any atom is 0.333 e. The van der Waals surface area contributed by atoms with Gasteiger partial charge in [-0.05, 0) is 129 Å². The number of aromatic nitrogens is 3. The first-order chi connectivity index (χ1) is 42.7. The maximum absolute atomic E-state index is 2.70. The summed E-state index contributed by atoms with van der Waals surface area (Å²) in [7, 11) is 0. The molecule has 0 amide bonds. The van der Waals surface area contributed by atoms with E-state index in [1.54, 1.807) is 0 Å². The van der Waals surface area contributed by atoms with Crippen LogP contribution >= 0.6 is 11.3 Å². The fourth-order valence-corrected chi connectivity index (χ4v) is 17.8. The van der Waals surface area contributed by atoms with Crippen LogP contribution in [-0.4, -0.2) is 27.2 Å². The second-order valence-electron chi connectivity index (χ2n) is 23.8. The smallest absolute Gasteiger partial charge is 0.333 e. The van der Waals surface area contributed by atoms with Gasteiger partial charge >= 0.3 is 13.7 Å². The van der Waals surface area contributed by atoms with Crippen molar-refractivity contribution in [2.45, 2.75) is 0 Å². The van der Waals surface area contributed by atoms with Crippen molar-refractivity contribution in [1.29, 1.82) is 0 Å². The summed E-state index contributed by atoms with van der Waals surface area (Å²) in [6.07, 6.45) is 0. The number of rotatable bonds is 4. The molecule has 0 atom stereocenters. The first-order valence-corrected chi connectivity index (χ1v) is 30.7. The number of thiophene rings is 1. The summed E-state index contributed by atoms with van der Waals surface area (Å²) in [6, 6.07) is 103. The topological polar surface area (TPSA) is 21.3 Å². The Balaban J connectivity index is 0.761. The first kappa shape index (κ1) is 45.7. The van der Waals surface area contributed by atoms with E-state index >= 15 is 0 Å². The van der Waals surface area contributed by atoms with Gasteiger partial charge in [-0.1, -0.05) is 188 Å². The van der Waals surface area contributed by atoms with Crippen LogP contribution in [0.4, 0.5) is 34.1 Å². The fourth-order valence-electron chi connectivity index (χ4n) is 16.6. The third kappa shape index (κ3) is 5.64. The number of benzene rings is 13. The number of nitrogens with zero attached hydrogens (tertiary/aromatic N) is 5. The van der Waals surface area contributed by atoms with Gasteiger partial charge < -0.3 is 23.3 Å². The van der Waals surface area contributed by atoms with Gasteiger partial charge in [0, 0.05) is 115 Å². The van der Waals surface area contributed by atoms with E-state index in [2.05, 4.69) is 296 Å². The molecule has 8 heterocycles. The van der Waals surface area contributed by atoms with Gasteiger partial charge in [0.25, 0.3) is 0 Å². The predicted octanol–water partition coefficient (Wildman–Crippen LogP) is 17.9. The van der Waals surface area contributed by atoms with E-state index in [1.165, 1.54) is 169 Å². The van der Waals surface area contributed by atoms with Crippen LogP contribution in [-0.2, 0) is 0 Å². The Hall–Kier alpha value is -10.8. The number of anilines is 6. The Morgan fingerprint density at radius 3 is 1.56 bits per heavy atom.